The minimum absolute atomic E-state index is 0.265. The highest BCUT2D eigenvalue weighted by Gasteiger charge is 2.15. The summed E-state index contributed by atoms with van der Waals surface area (Å²) in [5.74, 6) is 0.332. The molecule has 1 amide bonds. The first kappa shape index (κ1) is 13.9. The minimum atomic E-state index is -0.265. The molecule has 0 radical (unpaired) electrons. The number of amides is 1. The van der Waals surface area contributed by atoms with Gasteiger partial charge in [0.1, 0.15) is 11.0 Å². The summed E-state index contributed by atoms with van der Waals surface area (Å²) >= 11 is 2.24. The number of benzene rings is 2. The molecule has 8 heteroatoms. The van der Waals surface area contributed by atoms with Gasteiger partial charge in [-0.05, 0) is 12.1 Å². The zero-order valence-corrected chi connectivity index (χ0v) is 13.3. The largest absolute Gasteiger partial charge is 0.297 e. The van der Waals surface area contributed by atoms with E-state index in [4.69, 9.17) is 0 Å². The summed E-state index contributed by atoms with van der Waals surface area (Å²) in [7, 11) is 0. The van der Waals surface area contributed by atoms with Gasteiger partial charge in [0.2, 0.25) is 5.13 Å². The van der Waals surface area contributed by atoms with Crippen molar-refractivity contribution < 1.29 is 4.79 Å². The standard InChI is InChI=1S/C15H9N5OS2/c21-14(10-7-4-8-11-12(10)19-23-18-11)17-15-16-13(20-22-15)9-5-2-1-3-6-9/h1-8H,(H,16,17,20,21). The van der Waals surface area contributed by atoms with Crippen molar-refractivity contribution in [2.75, 3.05) is 5.32 Å². The van der Waals surface area contributed by atoms with Crippen molar-refractivity contribution >= 4 is 45.3 Å². The lowest BCUT2D eigenvalue weighted by atomic mass is 10.2. The van der Waals surface area contributed by atoms with E-state index in [0.717, 1.165) is 28.8 Å². The lowest BCUT2D eigenvalue weighted by Gasteiger charge is -2.01. The number of hydrogen-bond acceptors (Lipinski definition) is 7. The lowest BCUT2D eigenvalue weighted by Crippen LogP contribution is -2.12. The maximum Gasteiger partial charge on any atom is 0.259 e. The topological polar surface area (TPSA) is 80.7 Å². The molecule has 2 heterocycles. The van der Waals surface area contributed by atoms with Gasteiger partial charge in [0.05, 0.1) is 17.3 Å². The van der Waals surface area contributed by atoms with Crippen LogP contribution in [0.25, 0.3) is 22.4 Å². The van der Waals surface area contributed by atoms with Crippen LogP contribution in [-0.2, 0) is 0 Å². The molecule has 0 aliphatic carbocycles. The Morgan fingerprint density at radius 1 is 0.957 bits per heavy atom. The Kier molecular flexibility index (Phi) is 3.52. The summed E-state index contributed by atoms with van der Waals surface area (Å²) in [5, 5.41) is 3.23. The van der Waals surface area contributed by atoms with Gasteiger partial charge in [-0.3, -0.25) is 10.1 Å². The molecule has 0 atom stereocenters. The van der Waals surface area contributed by atoms with Crippen LogP contribution in [0.3, 0.4) is 0 Å². The van der Waals surface area contributed by atoms with Gasteiger partial charge in [0, 0.05) is 17.1 Å². The SMILES string of the molecule is O=C(Nc1nc(-c2ccccc2)ns1)c1cccc2nsnc12. The molecule has 0 aliphatic rings. The number of anilines is 1. The second kappa shape index (κ2) is 5.82. The molecule has 6 nitrogen and oxygen atoms in total. The van der Waals surface area contributed by atoms with E-state index in [1.54, 1.807) is 12.1 Å². The third-order valence-corrected chi connectivity index (χ3v) is 4.38. The average Bonchev–Trinajstić information content (AvgIpc) is 3.24. The second-order valence-corrected chi connectivity index (χ2v) is 5.96. The third-order valence-electron chi connectivity index (χ3n) is 3.21. The molecule has 0 unspecified atom stereocenters. The van der Waals surface area contributed by atoms with Crippen molar-refractivity contribution in [3.63, 3.8) is 0 Å². The average molecular weight is 339 g/mol. The van der Waals surface area contributed by atoms with Gasteiger partial charge in [0.25, 0.3) is 5.91 Å². The fourth-order valence-corrected chi connectivity index (χ4v) is 3.27. The van der Waals surface area contributed by atoms with Crippen LogP contribution in [0.2, 0.25) is 0 Å². The third kappa shape index (κ3) is 2.69. The number of carbonyl (C=O) groups excluding carboxylic acids is 1. The molecule has 0 bridgehead atoms. The molecule has 0 fully saturated rings. The number of nitrogens with one attached hydrogen (secondary N) is 1. The number of carbonyl (C=O) groups is 1. The molecule has 0 saturated carbocycles. The normalized spacial score (nSPS) is 10.8. The number of rotatable bonds is 3. The molecule has 1 N–H and O–H groups in total. The number of hydrogen-bond donors (Lipinski definition) is 1. The highest BCUT2D eigenvalue weighted by atomic mass is 32.1. The van der Waals surface area contributed by atoms with Gasteiger partial charge >= 0.3 is 0 Å². The predicted octanol–water partition coefficient (Wildman–Crippen LogP) is 3.46. The summed E-state index contributed by atoms with van der Waals surface area (Å²) in [6.45, 7) is 0. The van der Waals surface area contributed by atoms with Crippen molar-refractivity contribution in [3.8, 4) is 11.4 Å². The van der Waals surface area contributed by atoms with Gasteiger partial charge in [0.15, 0.2) is 5.82 Å². The predicted molar refractivity (Wildman–Crippen MR) is 90.7 cm³/mol. The van der Waals surface area contributed by atoms with E-state index in [9.17, 15) is 4.79 Å². The molecule has 2 aromatic heterocycles. The summed E-state index contributed by atoms with van der Waals surface area (Å²) in [5.41, 5.74) is 2.70. The number of nitrogens with zero attached hydrogens (tertiary/aromatic N) is 4. The van der Waals surface area contributed by atoms with Crippen LogP contribution in [-0.4, -0.2) is 24.0 Å². The first-order valence-corrected chi connectivity index (χ1v) is 8.23. The van der Waals surface area contributed by atoms with E-state index in [-0.39, 0.29) is 5.91 Å². The Morgan fingerprint density at radius 2 is 1.83 bits per heavy atom. The zero-order valence-electron chi connectivity index (χ0n) is 11.6. The van der Waals surface area contributed by atoms with Gasteiger partial charge in [-0.15, -0.1) is 0 Å². The maximum atomic E-state index is 12.4. The van der Waals surface area contributed by atoms with Crippen LogP contribution >= 0.6 is 23.3 Å². The van der Waals surface area contributed by atoms with Gasteiger partial charge in [-0.1, -0.05) is 36.4 Å². The fourth-order valence-electron chi connectivity index (χ4n) is 2.13. The van der Waals surface area contributed by atoms with Crippen molar-refractivity contribution in [2.24, 2.45) is 0 Å². The van der Waals surface area contributed by atoms with Crippen molar-refractivity contribution in [1.82, 2.24) is 18.1 Å². The monoisotopic (exact) mass is 339 g/mol. The van der Waals surface area contributed by atoms with Crippen molar-refractivity contribution in [1.29, 1.82) is 0 Å². The summed E-state index contributed by atoms with van der Waals surface area (Å²) in [6, 6.07) is 15.0. The van der Waals surface area contributed by atoms with Crippen LogP contribution in [0.1, 0.15) is 10.4 Å². The molecule has 4 rings (SSSR count). The Hall–Kier alpha value is -2.71. The molecule has 0 spiro atoms. The van der Waals surface area contributed by atoms with Crippen LogP contribution in [0.15, 0.2) is 48.5 Å². The zero-order chi connectivity index (χ0) is 15.6. The summed E-state index contributed by atoms with van der Waals surface area (Å²) in [4.78, 5) is 16.8. The van der Waals surface area contributed by atoms with Crippen LogP contribution in [0, 0.1) is 0 Å². The highest BCUT2D eigenvalue weighted by Crippen LogP contribution is 2.22. The molecule has 4 aromatic rings. The lowest BCUT2D eigenvalue weighted by molar-refractivity contribution is 0.102. The smallest absolute Gasteiger partial charge is 0.259 e. The van der Waals surface area contributed by atoms with E-state index in [1.165, 1.54) is 0 Å². The minimum Gasteiger partial charge on any atom is -0.297 e. The molecule has 23 heavy (non-hydrogen) atoms. The van der Waals surface area contributed by atoms with Crippen LogP contribution < -0.4 is 5.32 Å². The first-order chi connectivity index (χ1) is 11.3. The van der Waals surface area contributed by atoms with E-state index >= 15 is 0 Å². The Bertz CT molecular complexity index is 980. The Morgan fingerprint density at radius 3 is 2.70 bits per heavy atom. The molecule has 0 saturated heterocycles. The van der Waals surface area contributed by atoms with Gasteiger partial charge in [-0.25, -0.2) is 0 Å². The summed E-state index contributed by atoms with van der Waals surface area (Å²) < 4.78 is 12.6. The maximum absolute atomic E-state index is 12.4. The number of fused-ring (bicyclic) bond motifs is 1. The Balaban J connectivity index is 1.60. The van der Waals surface area contributed by atoms with Gasteiger partial charge in [-0.2, -0.15) is 18.1 Å². The van der Waals surface area contributed by atoms with Crippen molar-refractivity contribution in [3.05, 3.63) is 54.1 Å². The van der Waals surface area contributed by atoms with Gasteiger partial charge < -0.3 is 0 Å². The fraction of sp³-hybridized carbons (Fsp3) is 0. The molecule has 0 aliphatic heterocycles. The number of aromatic nitrogens is 4. The van der Waals surface area contributed by atoms with Crippen LogP contribution in [0.5, 0.6) is 0 Å². The molecule has 2 aromatic carbocycles. The second-order valence-electron chi connectivity index (χ2n) is 4.68. The van der Waals surface area contributed by atoms with E-state index in [0.29, 0.717) is 27.6 Å². The van der Waals surface area contributed by atoms with E-state index < -0.39 is 0 Å². The first-order valence-electron chi connectivity index (χ1n) is 6.73. The molecule has 112 valence electrons. The Labute approximate surface area is 139 Å². The van der Waals surface area contributed by atoms with E-state index in [2.05, 4.69) is 23.4 Å². The molecular weight excluding hydrogens is 330 g/mol. The van der Waals surface area contributed by atoms with Crippen LogP contribution in [0.4, 0.5) is 5.13 Å². The van der Waals surface area contributed by atoms with Crippen molar-refractivity contribution in [2.45, 2.75) is 0 Å². The highest BCUT2D eigenvalue weighted by molar-refractivity contribution is 7.10. The molecular formula is C15H9N5OS2. The summed E-state index contributed by atoms with van der Waals surface area (Å²) in [6.07, 6.45) is 0. The van der Waals surface area contributed by atoms with E-state index in [1.807, 2.05) is 36.4 Å². The quantitative estimate of drug-likeness (QED) is 0.618.